The van der Waals surface area contributed by atoms with Crippen molar-refractivity contribution in [3.63, 3.8) is 0 Å². The number of nitrogens with zero attached hydrogens (tertiary/aromatic N) is 4. The Bertz CT molecular complexity index is 2710. The van der Waals surface area contributed by atoms with Crippen LogP contribution in [0.15, 0.2) is 146 Å². The van der Waals surface area contributed by atoms with E-state index in [1.165, 1.54) is 49.5 Å². The molecule has 46 heavy (non-hydrogen) atoms. The Balaban J connectivity index is 1.34. The molecule has 0 fully saturated rings. The number of benzene rings is 6. The molecule has 2 aliphatic carbocycles. The second-order valence-electron chi connectivity index (χ2n) is 12.3. The number of pyridine rings is 1. The monoisotopic (exact) mass is 584 g/mol. The van der Waals surface area contributed by atoms with E-state index in [2.05, 4.69) is 132 Å². The lowest BCUT2D eigenvalue weighted by molar-refractivity contribution is 0.782. The van der Waals surface area contributed by atoms with Crippen LogP contribution in [0.25, 0.3) is 71.9 Å². The zero-order valence-corrected chi connectivity index (χ0v) is 24.6. The molecule has 1 spiro atoms. The summed E-state index contributed by atoms with van der Waals surface area (Å²) in [5.74, 6) is 0.650. The normalized spacial score (nSPS) is 13.8. The summed E-state index contributed by atoms with van der Waals surface area (Å²) in [7, 11) is 0. The molecule has 0 amide bonds. The third-order valence-corrected chi connectivity index (χ3v) is 10.2. The summed E-state index contributed by atoms with van der Waals surface area (Å²) in [5.41, 5.74) is 13.3. The molecule has 3 heterocycles. The standard InChI is InChI=1S/C42H24N4/c1-2-12-25(13-3-1)40-28-16-6-9-21-33(28)44-41(45-40)46-35-23-11-20-32-38(35)39-36(46)24-43-34-22-10-19-31(37(34)39)42(32)29-17-7-4-14-26(29)27-15-5-8-18-30(27)42/h1-24H. The van der Waals surface area contributed by atoms with E-state index < -0.39 is 5.41 Å². The quantitative estimate of drug-likeness (QED) is 0.203. The number of hydrogen-bond acceptors (Lipinski definition) is 3. The van der Waals surface area contributed by atoms with Gasteiger partial charge in [-0.3, -0.25) is 9.55 Å². The van der Waals surface area contributed by atoms with Gasteiger partial charge in [-0.15, -0.1) is 0 Å². The summed E-state index contributed by atoms with van der Waals surface area (Å²) in [4.78, 5) is 15.7. The van der Waals surface area contributed by atoms with Crippen LogP contribution in [0.3, 0.4) is 0 Å². The van der Waals surface area contributed by atoms with Crippen molar-refractivity contribution in [3.05, 3.63) is 168 Å². The number of fused-ring (bicyclic) bond motifs is 8. The third kappa shape index (κ3) is 2.79. The lowest BCUT2D eigenvalue weighted by Gasteiger charge is -2.37. The van der Waals surface area contributed by atoms with Crippen LogP contribution in [0.5, 0.6) is 0 Å². The smallest absolute Gasteiger partial charge is 0.235 e. The number of hydrogen-bond donors (Lipinski definition) is 0. The molecule has 0 aliphatic heterocycles. The Morgan fingerprint density at radius 2 is 1.09 bits per heavy atom. The highest BCUT2D eigenvalue weighted by Crippen LogP contribution is 2.61. The van der Waals surface area contributed by atoms with Gasteiger partial charge in [0.15, 0.2) is 0 Å². The summed E-state index contributed by atoms with van der Waals surface area (Å²) in [6.07, 6.45) is 2.01. The van der Waals surface area contributed by atoms with Crippen molar-refractivity contribution in [2.75, 3.05) is 0 Å². The Morgan fingerprint density at radius 1 is 0.457 bits per heavy atom. The van der Waals surface area contributed by atoms with Gasteiger partial charge in [0.25, 0.3) is 0 Å². The molecule has 0 atom stereocenters. The zero-order chi connectivity index (χ0) is 30.0. The summed E-state index contributed by atoms with van der Waals surface area (Å²) in [5, 5.41) is 4.70. The Morgan fingerprint density at radius 3 is 1.89 bits per heavy atom. The van der Waals surface area contributed by atoms with Crippen LogP contribution in [-0.4, -0.2) is 19.5 Å². The second-order valence-corrected chi connectivity index (χ2v) is 12.3. The summed E-state index contributed by atoms with van der Waals surface area (Å²) in [6, 6.07) is 50.0. The summed E-state index contributed by atoms with van der Waals surface area (Å²) in [6.45, 7) is 0. The first-order chi connectivity index (χ1) is 22.8. The number of para-hydroxylation sites is 1. The molecule has 4 nitrogen and oxygen atoms in total. The van der Waals surface area contributed by atoms with E-state index in [-0.39, 0.29) is 0 Å². The minimum atomic E-state index is -0.471. The molecular formula is C42H24N4. The number of aromatic nitrogens is 4. The van der Waals surface area contributed by atoms with E-state index in [4.69, 9.17) is 15.0 Å². The minimum Gasteiger partial charge on any atom is -0.276 e. The molecule has 0 bridgehead atoms. The van der Waals surface area contributed by atoms with Crippen LogP contribution < -0.4 is 0 Å². The SMILES string of the molecule is c1ccc(-c2nc(-n3c4cccc5c4c4c6c(cccc6ncc43)C53c4ccccc4-c4ccccc43)nc3ccccc23)cc1. The largest absolute Gasteiger partial charge is 0.276 e. The molecule has 9 aromatic rings. The first-order valence-electron chi connectivity index (χ1n) is 15.7. The van der Waals surface area contributed by atoms with Gasteiger partial charge in [0.1, 0.15) is 0 Å². The fourth-order valence-electron chi connectivity index (χ4n) is 8.56. The summed E-state index contributed by atoms with van der Waals surface area (Å²) < 4.78 is 2.24. The van der Waals surface area contributed by atoms with Gasteiger partial charge < -0.3 is 0 Å². The van der Waals surface area contributed by atoms with Crippen LogP contribution >= 0.6 is 0 Å². The fraction of sp³-hybridized carbons (Fsp3) is 0.0238. The van der Waals surface area contributed by atoms with E-state index in [9.17, 15) is 0 Å². The second kappa shape index (κ2) is 8.52. The van der Waals surface area contributed by atoms with E-state index in [1.54, 1.807) is 0 Å². The van der Waals surface area contributed by atoms with E-state index in [0.717, 1.165) is 38.7 Å². The molecule has 212 valence electrons. The van der Waals surface area contributed by atoms with Crippen molar-refractivity contribution in [1.82, 2.24) is 19.5 Å². The van der Waals surface area contributed by atoms with Gasteiger partial charge in [-0.05, 0) is 51.6 Å². The van der Waals surface area contributed by atoms with Gasteiger partial charge in [0.05, 0.1) is 39.4 Å². The molecule has 0 saturated carbocycles. The van der Waals surface area contributed by atoms with E-state index >= 15 is 0 Å². The van der Waals surface area contributed by atoms with Gasteiger partial charge in [0.2, 0.25) is 5.95 Å². The highest BCUT2D eigenvalue weighted by molar-refractivity contribution is 6.25. The molecule has 0 saturated heterocycles. The minimum absolute atomic E-state index is 0.471. The van der Waals surface area contributed by atoms with Crippen molar-refractivity contribution >= 4 is 43.6 Å². The van der Waals surface area contributed by atoms with Crippen molar-refractivity contribution in [3.8, 4) is 28.3 Å². The highest BCUT2D eigenvalue weighted by atomic mass is 15.2. The molecule has 3 aromatic heterocycles. The van der Waals surface area contributed by atoms with Crippen LogP contribution in [0.2, 0.25) is 0 Å². The first kappa shape index (κ1) is 24.2. The topological polar surface area (TPSA) is 43.6 Å². The predicted molar refractivity (Wildman–Crippen MR) is 185 cm³/mol. The highest BCUT2D eigenvalue weighted by Gasteiger charge is 2.50. The van der Waals surface area contributed by atoms with Crippen molar-refractivity contribution in [2.45, 2.75) is 5.41 Å². The molecule has 11 rings (SSSR count). The van der Waals surface area contributed by atoms with Gasteiger partial charge in [-0.2, -0.15) is 0 Å². The Hall–Kier alpha value is -6.13. The Labute approximate surface area is 264 Å². The van der Waals surface area contributed by atoms with E-state index in [0.29, 0.717) is 5.95 Å². The molecule has 6 aromatic carbocycles. The van der Waals surface area contributed by atoms with Crippen LogP contribution in [0.4, 0.5) is 0 Å². The number of rotatable bonds is 2. The van der Waals surface area contributed by atoms with Crippen molar-refractivity contribution in [2.24, 2.45) is 0 Å². The maximum Gasteiger partial charge on any atom is 0.235 e. The van der Waals surface area contributed by atoms with Crippen LogP contribution in [0.1, 0.15) is 22.3 Å². The molecular weight excluding hydrogens is 560 g/mol. The zero-order valence-electron chi connectivity index (χ0n) is 24.6. The summed E-state index contributed by atoms with van der Waals surface area (Å²) >= 11 is 0. The van der Waals surface area contributed by atoms with Crippen molar-refractivity contribution < 1.29 is 0 Å². The molecule has 0 N–H and O–H groups in total. The molecule has 4 heteroatoms. The van der Waals surface area contributed by atoms with Gasteiger partial charge in [0, 0.05) is 27.1 Å². The van der Waals surface area contributed by atoms with Crippen LogP contribution in [-0.2, 0) is 5.41 Å². The first-order valence-corrected chi connectivity index (χ1v) is 15.7. The predicted octanol–water partition coefficient (Wildman–Crippen LogP) is 9.62. The average Bonchev–Trinajstić information content (AvgIpc) is 3.62. The van der Waals surface area contributed by atoms with Gasteiger partial charge in [-0.25, -0.2) is 9.97 Å². The maximum absolute atomic E-state index is 5.33. The Kier molecular flexibility index (Phi) is 4.49. The van der Waals surface area contributed by atoms with Crippen molar-refractivity contribution in [1.29, 1.82) is 0 Å². The lowest BCUT2D eigenvalue weighted by Crippen LogP contribution is -2.30. The fourth-order valence-corrected chi connectivity index (χ4v) is 8.56. The third-order valence-electron chi connectivity index (χ3n) is 10.2. The molecule has 2 aliphatic rings. The average molecular weight is 585 g/mol. The van der Waals surface area contributed by atoms with Crippen LogP contribution in [0, 0.1) is 0 Å². The molecule has 0 unspecified atom stereocenters. The lowest BCUT2D eigenvalue weighted by atomic mass is 9.63. The van der Waals surface area contributed by atoms with Gasteiger partial charge >= 0.3 is 0 Å². The van der Waals surface area contributed by atoms with E-state index in [1.807, 2.05) is 18.3 Å². The maximum atomic E-state index is 5.33. The van der Waals surface area contributed by atoms with Gasteiger partial charge in [-0.1, -0.05) is 121 Å². The molecule has 0 radical (unpaired) electrons.